The summed E-state index contributed by atoms with van der Waals surface area (Å²) >= 11 is 0. The van der Waals surface area contributed by atoms with E-state index in [4.69, 9.17) is 4.42 Å². The van der Waals surface area contributed by atoms with Gasteiger partial charge in [-0.2, -0.15) is 0 Å². The molecule has 0 bridgehead atoms. The Labute approximate surface area is 283 Å². The number of hydrogen-bond donors (Lipinski definition) is 0. The highest BCUT2D eigenvalue weighted by atomic mass is 16.3. The van der Waals surface area contributed by atoms with Crippen LogP contribution < -0.4 is 4.90 Å². The van der Waals surface area contributed by atoms with Crippen LogP contribution in [0.2, 0.25) is 0 Å². The zero-order valence-corrected chi connectivity index (χ0v) is 26.6. The van der Waals surface area contributed by atoms with Crippen LogP contribution >= 0.6 is 0 Å². The average molecular weight is 627 g/mol. The monoisotopic (exact) mass is 626 g/mol. The molecule has 0 radical (unpaired) electrons. The van der Waals surface area contributed by atoms with Crippen LogP contribution in [0.15, 0.2) is 186 Å². The van der Waals surface area contributed by atoms with Crippen molar-refractivity contribution in [3.63, 3.8) is 0 Å². The predicted octanol–water partition coefficient (Wildman–Crippen LogP) is 13.0. The van der Waals surface area contributed by atoms with Gasteiger partial charge in [0.15, 0.2) is 0 Å². The summed E-state index contributed by atoms with van der Waals surface area (Å²) in [7, 11) is 0. The van der Waals surface area contributed by atoms with Gasteiger partial charge in [0.05, 0.1) is 16.7 Å². The molecule has 0 saturated carbocycles. The van der Waals surface area contributed by atoms with E-state index in [2.05, 4.69) is 191 Å². The molecular weight excluding hydrogens is 597 g/mol. The summed E-state index contributed by atoms with van der Waals surface area (Å²) in [6.45, 7) is 0. The molecule has 3 heteroatoms. The molecule has 0 aliphatic rings. The summed E-state index contributed by atoms with van der Waals surface area (Å²) in [5.41, 5.74) is 10.8. The first-order valence-corrected chi connectivity index (χ1v) is 16.7. The molecule has 0 aliphatic heterocycles. The maximum atomic E-state index is 6.70. The Morgan fingerprint density at radius 2 is 1.08 bits per heavy atom. The fourth-order valence-corrected chi connectivity index (χ4v) is 7.52. The molecule has 0 atom stereocenters. The third-order valence-corrected chi connectivity index (χ3v) is 9.77. The van der Waals surface area contributed by atoms with Gasteiger partial charge in [0.25, 0.3) is 0 Å². The van der Waals surface area contributed by atoms with Crippen molar-refractivity contribution in [3.05, 3.63) is 182 Å². The average Bonchev–Trinajstić information content (AvgIpc) is 3.72. The van der Waals surface area contributed by atoms with Gasteiger partial charge in [-0.3, -0.25) is 0 Å². The zero-order chi connectivity index (χ0) is 32.3. The molecule has 10 aromatic rings. The summed E-state index contributed by atoms with van der Waals surface area (Å²) in [4.78, 5) is 2.38. The van der Waals surface area contributed by atoms with Crippen LogP contribution in [-0.2, 0) is 0 Å². The van der Waals surface area contributed by atoms with Gasteiger partial charge >= 0.3 is 0 Å². The lowest BCUT2D eigenvalue weighted by Gasteiger charge is -2.27. The number of aromatic nitrogens is 1. The van der Waals surface area contributed by atoms with Crippen molar-refractivity contribution in [2.45, 2.75) is 0 Å². The van der Waals surface area contributed by atoms with Gasteiger partial charge < -0.3 is 13.9 Å². The zero-order valence-electron chi connectivity index (χ0n) is 26.6. The lowest BCUT2D eigenvalue weighted by molar-refractivity contribution is 0.672. The highest BCUT2D eigenvalue weighted by molar-refractivity contribution is 6.17. The van der Waals surface area contributed by atoms with Crippen molar-refractivity contribution in [2.75, 3.05) is 4.90 Å². The number of rotatable bonds is 5. The number of para-hydroxylation sites is 3. The molecule has 10 rings (SSSR count). The molecule has 0 fully saturated rings. The largest absolute Gasteiger partial charge is 0.455 e. The topological polar surface area (TPSA) is 21.3 Å². The molecule has 0 N–H and O–H groups in total. The standard InChI is InChI=1S/C46H30N2O/c1-3-12-31(13-4-1)32-22-25-35(26-23-32)47(36-27-29-39-41-28-24-33-14-7-8-17-37(33)46(41)49-44(39)30-36)43-21-11-19-40-38-18-9-10-20-42(38)48(45(40)43)34-15-5-2-6-16-34/h1-30H. The summed E-state index contributed by atoms with van der Waals surface area (Å²) in [5.74, 6) is 0. The van der Waals surface area contributed by atoms with Crippen LogP contribution in [0.3, 0.4) is 0 Å². The predicted molar refractivity (Wildman–Crippen MR) is 206 cm³/mol. The Balaban J connectivity index is 1.25. The molecule has 0 unspecified atom stereocenters. The third kappa shape index (κ3) is 4.37. The molecule has 2 heterocycles. The number of furan rings is 1. The first-order valence-electron chi connectivity index (χ1n) is 16.7. The molecule has 230 valence electrons. The number of nitrogens with zero attached hydrogens (tertiary/aromatic N) is 2. The first kappa shape index (κ1) is 27.5. The van der Waals surface area contributed by atoms with E-state index in [-0.39, 0.29) is 0 Å². The molecule has 0 spiro atoms. The van der Waals surface area contributed by atoms with Crippen molar-refractivity contribution in [2.24, 2.45) is 0 Å². The van der Waals surface area contributed by atoms with Crippen molar-refractivity contribution in [3.8, 4) is 16.8 Å². The first-order chi connectivity index (χ1) is 24.3. The summed E-state index contributed by atoms with van der Waals surface area (Å²) in [6.07, 6.45) is 0. The number of anilines is 3. The molecule has 0 amide bonds. The van der Waals surface area contributed by atoms with E-state index in [9.17, 15) is 0 Å². The van der Waals surface area contributed by atoms with Crippen molar-refractivity contribution < 1.29 is 4.42 Å². The minimum atomic E-state index is 0.866. The normalized spacial score (nSPS) is 11.7. The van der Waals surface area contributed by atoms with E-state index in [1.165, 1.54) is 32.8 Å². The Morgan fingerprint density at radius 3 is 1.92 bits per heavy atom. The Hall–Kier alpha value is -6.58. The fourth-order valence-electron chi connectivity index (χ4n) is 7.52. The molecule has 0 saturated heterocycles. The maximum Gasteiger partial charge on any atom is 0.143 e. The van der Waals surface area contributed by atoms with E-state index in [0.717, 1.165) is 55.6 Å². The van der Waals surface area contributed by atoms with Crippen LogP contribution in [-0.4, -0.2) is 4.57 Å². The van der Waals surface area contributed by atoms with E-state index in [1.807, 2.05) is 0 Å². The van der Waals surface area contributed by atoms with Crippen molar-refractivity contribution in [1.82, 2.24) is 4.57 Å². The van der Waals surface area contributed by atoms with Crippen LogP contribution in [0.5, 0.6) is 0 Å². The third-order valence-electron chi connectivity index (χ3n) is 9.77. The summed E-state index contributed by atoms with van der Waals surface area (Å²) in [5, 5.41) is 6.98. The van der Waals surface area contributed by atoms with Crippen molar-refractivity contribution >= 4 is 71.6 Å². The molecule has 0 aliphatic carbocycles. The van der Waals surface area contributed by atoms with Gasteiger partial charge in [-0.25, -0.2) is 0 Å². The highest BCUT2D eigenvalue weighted by Crippen LogP contribution is 2.45. The number of hydrogen-bond acceptors (Lipinski definition) is 2. The van der Waals surface area contributed by atoms with Gasteiger partial charge in [-0.05, 0) is 71.1 Å². The van der Waals surface area contributed by atoms with Gasteiger partial charge in [-0.1, -0.05) is 121 Å². The van der Waals surface area contributed by atoms with E-state index in [0.29, 0.717) is 0 Å². The van der Waals surface area contributed by atoms with Crippen LogP contribution in [0.25, 0.3) is 71.3 Å². The number of fused-ring (bicyclic) bond motifs is 8. The molecular formula is C46H30N2O. The summed E-state index contributed by atoms with van der Waals surface area (Å²) < 4.78 is 9.10. The second-order valence-corrected chi connectivity index (χ2v) is 12.6. The molecule has 49 heavy (non-hydrogen) atoms. The maximum absolute atomic E-state index is 6.70. The van der Waals surface area contributed by atoms with E-state index < -0.39 is 0 Å². The summed E-state index contributed by atoms with van der Waals surface area (Å²) in [6, 6.07) is 64.9. The second kappa shape index (κ2) is 11.0. The Kier molecular flexibility index (Phi) is 6.18. The van der Waals surface area contributed by atoms with Crippen LogP contribution in [0, 0.1) is 0 Å². The van der Waals surface area contributed by atoms with Crippen molar-refractivity contribution in [1.29, 1.82) is 0 Å². The van der Waals surface area contributed by atoms with Gasteiger partial charge in [-0.15, -0.1) is 0 Å². The fraction of sp³-hybridized carbons (Fsp3) is 0. The second-order valence-electron chi connectivity index (χ2n) is 12.6. The van der Waals surface area contributed by atoms with Crippen LogP contribution in [0.1, 0.15) is 0 Å². The lowest BCUT2D eigenvalue weighted by atomic mass is 10.0. The van der Waals surface area contributed by atoms with Gasteiger partial charge in [0.1, 0.15) is 11.2 Å². The SMILES string of the molecule is c1ccc(-c2ccc(N(c3ccc4c(c3)oc3c5ccccc5ccc43)c3cccc4c5ccccc5n(-c5ccccc5)c34)cc2)cc1. The molecule has 8 aromatic carbocycles. The van der Waals surface area contributed by atoms with E-state index in [1.54, 1.807) is 0 Å². The van der Waals surface area contributed by atoms with Crippen LogP contribution in [0.4, 0.5) is 17.1 Å². The Bertz CT molecular complexity index is 2810. The molecule has 2 aromatic heterocycles. The minimum absolute atomic E-state index is 0.866. The minimum Gasteiger partial charge on any atom is -0.455 e. The van der Waals surface area contributed by atoms with Gasteiger partial charge in [0.2, 0.25) is 0 Å². The highest BCUT2D eigenvalue weighted by Gasteiger charge is 2.22. The molecule has 3 nitrogen and oxygen atoms in total. The lowest BCUT2D eigenvalue weighted by Crippen LogP contribution is -2.11. The number of benzene rings is 8. The smallest absolute Gasteiger partial charge is 0.143 e. The van der Waals surface area contributed by atoms with Gasteiger partial charge in [0, 0.05) is 50.1 Å². The quantitative estimate of drug-likeness (QED) is 0.190. The Morgan fingerprint density at radius 1 is 0.429 bits per heavy atom. The van der Waals surface area contributed by atoms with E-state index >= 15 is 0 Å².